The van der Waals surface area contributed by atoms with Crippen molar-refractivity contribution in [3.8, 4) is 0 Å². The van der Waals surface area contributed by atoms with Gasteiger partial charge >= 0.3 is 5.97 Å². The summed E-state index contributed by atoms with van der Waals surface area (Å²) in [5.41, 5.74) is 5.76. The average Bonchev–Trinajstić information content (AvgIpc) is 2.74. The zero-order valence-electron chi connectivity index (χ0n) is 9.37. The predicted molar refractivity (Wildman–Crippen MR) is 56.2 cm³/mol. The van der Waals surface area contributed by atoms with Crippen LogP contribution in [0.15, 0.2) is 0 Å². The molecule has 17 heavy (non-hydrogen) atoms. The normalized spacial score (nSPS) is 33.7. The number of carboxylic acids is 1. The summed E-state index contributed by atoms with van der Waals surface area (Å²) in [7, 11) is 0. The van der Waals surface area contributed by atoms with Crippen LogP contribution >= 0.6 is 0 Å². The minimum atomic E-state index is -1.05. The smallest absolute Gasteiger partial charge is 0.328 e. The number of nitrogens with two attached hydrogens (primary N) is 1. The van der Waals surface area contributed by atoms with E-state index in [1.807, 2.05) is 0 Å². The molecule has 7 heteroatoms. The molecule has 2 saturated heterocycles. The summed E-state index contributed by atoms with van der Waals surface area (Å²) in [5, 5.41) is 9.03. The third-order valence-corrected chi connectivity index (χ3v) is 3.14. The maximum atomic E-state index is 12.2. The summed E-state index contributed by atoms with van der Waals surface area (Å²) < 4.78 is 10.2. The molecule has 0 spiro atoms. The van der Waals surface area contributed by atoms with Crippen molar-refractivity contribution in [2.75, 3.05) is 33.0 Å². The van der Waals surface area contributed by atoms with Crippen LogP contribution in [0.25, 0.3) is 0 Å². The number of carboxylic acid groups (broad SMARTS) is 1. The highest BCUT2D eigenvalue weighted by Gasteiger charge is 2.40. The van der Waals surface area contributed by atoms with Crippen molar-refractivity contribution in [1.82, 2.24) is 4.90 Å². The first-order valence-electron chi connectivity index (χ1n) is 5.55. The SMILES string of the molecule is NC1COCC1C(=O)N1CCOCC1C(=O)O. The summed E-state index contributed by atoms with van der Waals surface area (Å²) in [4.78, 5) is 24.5. The van der Waals surface area contributed by atoms with Crippen molar-refractivity contribution < 1.29 is 24.2 Å². The number of rotatable bonds is 2. The quantitative estimate of drug-likeness (QED) is 0.598. The molecule has 0 aromatic carbocycles. The summed E-state index contributed by atoms with van der Waals surface area (Å²) in [6, 6.07) is -1.26. The standard InChI is InChI=1S/C10H16N2O5/c11-7-4-17-3-6(7)9(13)12-1-2-16-5-8(12)10(14)15/h6-8H,1-5,11H2,(H,14,15). The van der Waals surface area contributed by atoms with Gasteiger partial charge in [0.05, 0.1) is 32.3 Å². The molecular formula is C10H16N2O5. The van der Waals surface area contributed by atoms with Gasteiger partial charge in [0.15, 0.2) is 6.04 Å². The van der Waals surface area contributed by atoms with Gasteiger partial charge in [0.2, 0.25) is 5.91 Å². The number of hydrogen-bond acceptors (Lipinski definition) is 5. The molecule has 3 unspecified atom stereocenters. The van der Waals surface area contributed by atoms with E-state index in [1.54, 1.807) is 0 Å². The van der Waals surface area contributed by atoms with Crippen LogP contribution in [-0.2, 0) is 19.1 Å². The Balaban J connectivity index is 2.08. The van der Waals surface area contributed by atoms with Crippen molar-refractivity contribution in [1.29, 1.82) is 0 Å². The van der Waals surface area contributed by atoms with Gasteiger partial charge in [0.1, 0.15) is 0 Å². The first-order valence-corrected chi connectivity index (χ1v) is 5.55. The van der Waals surface area contributed by atoms with Crippen LogP contribution in [0.1, 0.15) is 0 Å². The number of morpholine rings is 1. The van der Waals surface area contributed by atoms with E-state index >= 15 is 0 Å². The Morgan fingerprint density at radius 3 is 2.59 bits per heavy atom. The molecule has 0 aromatic rings. The zero-order chi connectivity index (χ0) is 12.4. The monoisotopic (exact) mass is 244 g/mol. The lowest BCUT2D eigenvalue weighted by Gasteiger charge is -2.34. The van der Waals surface area contributed by atoms with Crippen molar-refractivity contribution in [2.24, 2.45) is 11.7 Å². The summed E-state index contributed by atoms with van der Waals surface area (Å²) in [5.74, 6) is -1.73. The van der Waals surface area contributed by atoms with Gasteiger partial charge in [-0.2, -0.15) is 0 Å². The second-order valence-electron chi connectivity index (χ2n) is 4.27. The van der Waals surface area contributed by atoms with Crippen molar-refractivity contribution in [3.05, 3.63) is 0 Å². The number of hydrogen-bond donors (Lipinski definition) is 2. The Labute approximate surface area is 98.5 Å². The van der Waals surface area contributed by atoms with E-state index in [2.05, 4.69) is 0 Å². The second-order valence-corrected chi connectivity index (χ2v) is 4.27. The number of nitrogens with zero attached hydrogens (tertiary/aromatic N) is 1. The van der Waals surface area contributed by atoms with Crippen LogP contribution < -0.4 is 5.73 Å². The van der Waals surface area contributed by atoms with Crippen LogP contribution in [-0.4, -0.2) is 66.9 Å². The van der Waals surface area contributed by atoms with Gasteiger partial charge in [-0.25, -0.2) is 4.79 Å². The molecule has 2 aliphatic rings. The molecule has 0 bridgehead atoms. The fourth-order valence-electron chi connectivity index (χ4n) is 2.11. The van der Waals surface area contributed by atoms with E-state index in [-0.39, 0.29) is 25.2 Å². The van der Waals surface area contributed by atoms with Crippen LogP contribution in [0.5, 0.6) is 0 Å². The van der Waals surface area contributed by atoms with Gasteiger partial charge in [0, 0.05) is 12.6 Å². The van der Waals surface area contributed by atoms with Crippen molar-refractivity contribution >= 4 is 11.9 Å². The molecule has 2 heterocycles. The zero-order valence-corrected chi connectivity index (χ0v) is 9.37. The molecule has 0 radical (unpaired) electrons. The molecule has 2 fully saturated rings. The minimum absolute atomic E-state index is 0.0316. The van der Waals surface area contributed by atoms with Crippen LogP contribution in [0, 0.1) is 5.92 Å². The molecule has 96 valence electrons. The lowest BCUT2D eigenvalue weighted by Crippen LogP contribution is -2.56. The Kier molecular flexibility index (Phi) is 3.60. The van der Waals surface area contributed by atoms with Gasteiger partial charge in [-0.05, 0) is 0 Å². The second kappa shape index (κ2) is 4.99. The molecule has 0 saturated carbocycles. The summed E-state index contributed by atoms with van der Waals surface area (Å²) in [6.07, 6.45) is 0. The van der Waals surface area contributed by atoms with Gasteiger partial charge < -0.3 is 25.2 Å². The van der Waals surface area contributed by atoms with Crippen molar-refractivity contribution in [2.45, 2.75) is 12.1 Å². The maximum absolute atomic E-state index is 12.2. The third kappa shape index (κ3) is 2.41. The molecule has 3 atom stereocenters. The van der Waals surface area contributed by atoms with Crippen LogP contribution in [0.4, 0.5) is 0 Å². The highest BCUT2D eigenvalue weighted by molar-refractivity contribution is 5.86. The van der Waals surface area contributed by atoms with Gasteiger partial charge in [0.25, 0.3) is 0 Å². The Hall–Kier alpha value is -1.18. The Morgan fingerprint density at radius 1 is 1.24 bits per heavy atom. The summed E-state index contributed by atoms with van der Waals surface area (Å²) in [6.45, 7) is 1.30. The number of carbonyl (C=O) groups is 2. The number of carbonyl (C=O) groups excluding carboxylic acids is 1. The fraction of sp³-hybridized carbons (Fsp3) is 0.800. The maximum Gasteiger partial charge on any atom is 0.328 e. The van der Waals surface area contributed by atoms with Gasteiger partial charge in [-0.3, -0.25) is 4.79 Å². The van der Waals surface area contributed by atoms with E-state index < -0.39 is 17.9 Å². The van der Waals surface area contributed by atoms with Gasteiger partial charge in [-0.15, -0.1) is 0 Å². The topological polar surface area (TPSA) is 102 Å². The number of amides is 1. The molecule has 1 amide bonds. The molecule has 2 rings (SSSR count). The number of ether oxygens (including phenoxy) is 2. The van der Waals surface area contributed by atoms with E-state index in [9.17, 15) is 9.59 Å². The van der Waals surface area contributed by atoms with Crippen LogP contribution in [0.3, 0.4) is 0 Å². The number of aliphatic carboxylic acids is 1. The molecule has 2 aliphatic heterocycles. The lowest BCUT2D eigenvalue weighted by atomic mass is 10.0. The van der Waals surface area contributed by atoms with E-state index in [4.69, 9.17) is 20.3 Å². The Morgan fingerprint density at radius 2 is 2.00 bits per heavy atom. The van der Waals surface area contributed by atoms with E-state index in [0.717, 1.165) is 0 Å². The first-order chi connectivity index (χ1) is 8.11. The Bertz CT molecular complexity index is 322. The average molecular weight is 244 g/mol. The van der Waals surface area contributed by atoms with Gasteiger partial charge in [-0.1, -0.05) is 0 Å². The first kappa shape index (κ1) is 12.3. The van der Waals surface area contributed by atoms with E-state index in [0.29, 0.717) is 19.8 Å². The summed E-state index contributed by atoms with van der Waals surface area (Å²) >= 11 is 0. The minimum Gasteiger partial charge on any atom is -0.480 e. The molecular weight excluding hydrogens is 228 g/mol. The fourth-order valence-corrected chi connectivity index (χ4v) is 2.11. The molecule has 0 aliphatic carbocycles. The van der Waals surface area contributed by atoms with Crippen molar-refractivity contribution in [3.63, 3.8) is 0 Å². The lowest BCUT2D eigenvalue weighted by molar-refractivity contribution is -0.160. The predicted octanol–water partition coefficient (Wildman–Crippen LogP) is -1.73. The molecule has 7 nitrogen and oxygen atoms in total. The molecule has 0 aromatic heterocycles. The third-order valence-electron chi connectivity index (χ3n) is 3.14. The van der Waals surface area contributed by atoms with Crippen LogP contribution in [0.2, 0.25) is 0 Å². The highest BCUT2D eigenvalue weighted by Crippen LogP contribution is 2.18. The highest BCUT2D eigenvalue weighted by atomic mass is 16.5. The molecule has 3 N–H and O–H groups in total. The largest absolute Gasteiger partial charge is 0.480 e. The van der Waals surface area contributed by atoms with E-state index in [1.165, 1.54) is 4.90 Å².